The predicted octanol–water partition coefficient (Wildman–Crippen LogP) is 6.16. The van der Waals surface area contributed by atoms with Gasteiger partial charge in [-0.2, -0.15) is 11.3 Å². The van der Waals surface area contributed by atoms with Gasteiger partial charge in [0, 0.05) is 11.1 Å². The van der Waals surface area contributed by atoms with Crippen molar-refractivity contribution in [2.75, 3.05) is 0 Å². The summed E-state index contributed by atoms with van der Waals surface area (Å²) in [7, 11) is 0. The zero-order chi connectivity index (χ0) is 18.5. The quantitative estimate of drug-likeness (QED) is 0.372. The number of hydrogen-bond acceptors (Lipinski definition) is 2. The van der Waals surface area contributed by atoms with Gasteiger partial charge < -0.3 is 0 Å². The Balaban J connectivity index is 1.78. The highest BCUT2D eigenvalue weighted by atomic mass is 32.1. The molecule has 0 aliphatic carbocycles. The van der Waals surface area contributed by atoms with E-state index in [-0.39, 0.29) is 5.78 Å². The van der Waals surface area contributed by atoms with Crippen LogP contribution in [0.4, 0.5) is 0 Å². The molecule has 1 heterocycles. The Kier molecular flexibility index (Phi) is 5.27. The Morgan fingerprint density at radius 3 is 2.15 bits per heavy atom. The maximum Gasteiger partial charge on any atom is 0.193 e. The normalized spacial score (nSPS) is 10.7. The second-order valence-corrected chi connectivity index (χ2v) is 7.39. The van der Waals surface area contributed by atoms with Crippen molar-refractivity contribution < 1.29 is 4.79 Å². The van der Waals surface area contributed by atoms with E-state index < -0.39 is 0 Å². The third kappa shape index (κ3) is 4.07. The highest BCUT2D eigenvalue weighted by Gasteiger charge is 2.17. The number of carbonyl (C=O) groups excluding carboxylic acids is 1. The van der Waals surface area contributed by atoms with E-state index in [0.29, 0.717) is 0 Å². The summed E-state index contributed by atoms with van der Waals surface area (Å²) in [5.41, 5.74) is 6.40. The van der Waals surface area contributed by atoms with Crippen LogP contribution in [0.5, 0.6) is 0 Å². The summed E-state index contributed by atoms with van der Waals surface area (Å²) in [6, 6.07) is 28.2. The number of thiophene rings is 1. The van der Waals surface area contributed by atoms with Gasteiger partial charge in [0.1, 0.15) is 0 Å². The Morgan fingerprint density at radius 2 is 1.44 bits per heavy atom. The van der Waals surface area contributed by atoms with E-state index in [0.717, 1.165) is 29.5 Å². The van der Waals surface area contributed by atoms with Crippen molar-refractivity contribution in [2.45, 2.75) is 12.8 Å². The molecule has 1 aromatic heterocycles. The molecule has 132 valence electrons. The fourth-order valence-electron chi connectivity index (χ4n) is 3.38. The fraction of sp³-hybridized carbons (Fsp3) is 0.0800. The molecule has 0 amide bonds. The molecule has 0 aliphatic heterocycles. The van der Waals surface area contributed by atoms with Crippen molar-refractivity contribution >= 4 is 17.1 Å². The second-order valence-electron chi connectivity index (χ2n) is 6.61. The van der Waals surface area contributed by atoms with E-state index in [9.17, 15) is 4.79 Å². The smallest absolute Gasteiger partial charge is 0.193 e. The molecule has 0 saturated heterocycles. The molecule has 0 bridgehead atoms. The molecular weight excluding hydrogens is 348 g/mol. The summed E-state index contributed by atoms with van der Waals surface area (Å²) in [5.74, 6) is 0.0914. The van der Waals surface area contributed by atoms with Gasteiger partial charge in [0.25, 0.3) is 0 Å². The van der Waals surface area contributed by atoms with E-state index >= 15 is 0 Å². The number of benzene rings is 3. The highest BCUT2D eigenvalue weighted by molar-refractivity contribution is 7.07. The lowest BCUT2D eigenvalue weighted by molar-refractivity contribution is 0.103. The summed E-state index contributed by atoms with van der Waals surface area (Å²) in [4.78, 5) is 13.2. The molecular formula is C25H20OS. The minimum atomic E-state index is 0.0914. The SMILES string of the molecule is O=C(c1ccccc1)c1cccc(Cc2ccsc2)c1Cc1ccccc1. The molecule has 0 unspecified atom stereocenters. The third-order valence-corrected chi connectivity index (χ3v) is 5.48. The van der Waals surface area contributed by atoms with E-state index in [4.69, 9.17) is 0 Å². The molecule has 0 spiro atoms. The highest BCUT2D eigenvalue weighted by Crippen LogP contribution is 2.25. The molecule has 2 heteroatoms. The van der Waals surface area contributed by atoms with Crippen LogP contribution >= 0.6 is 11.3 Å². The molecule has 0 aliphatic rings. The van der Waals surface area contributed by atoms with Crippen LogP contribution < -0.4 is 0 Å². The van der Waals surface area contributed by atoms with Crippen LogP contribution in [0.2, 0.25) is 0 Å². The molecule has 1 nitrogen and oxygen atoms in total. The Bertz CT molecular complexity index is 1020. The fourth-order valence-corrected chi connectivity index (χ4v) is 4.05. The standard InChI is InChI=1S/C25H20OS/c26-25(21-10-5-2-6-11-21)23-13-7-12-22(16-20-14-15-27-18-20)24(23)17-19-8-3-1-4-9-19/h1-15,18H,16-17H2. The van der Waals surface area contributed by atoms with Gasteiger partial charge in [-0.25, -0.2) is 0 Å². The topological polar surface area (TPSA) is 17.1 Å². The average Bonchev–Trinajstić information content (AvgIpc) is 3.23. The van der Waals surface area contributed by atoms with Crippen molar-refractivity contribution in [3.8, 4) is 0 Å². The van der Waals surface area contributed by atoms with Crippen molar-refractivity contribution in [1.29, 1.82) is 0 Å². The van der Waals surface area contributed by atoms with Crippen molar-refractivity contribution in [3.05, 3.63) is 129 Å². The third-order valence-electron chi connectivity index (χ3n) is 4.75. The lowest BCUT2D eigenvalue weighted by atomic mass is 9.88. The minimum Gasteiger partial charge on any atom is -0.289 e. The van der Waals surface area contributed by atoms with Crippen LogP contribution in [-0.4, -0.2) is 5.78 Å². The van der Waals surface area contributed by atoms with E-state index in [1.54, 1.807) is 11.3 Å². The van der Waals surface area contributed by atoms with Gasteiger partial charge >= 0.3 is 0 Å². The van der Waals surface area contributed by atoms with E-state index in [1.807, 2.05) is 48.5 Å². The van der Waals surface area contributed by atoms with Crippen LogP contribution in [0.15, 0.2) is 95.7 Å². The van der Waals surface area contributed by atoms with Crippen molar-refractivity contribution in [1.82, 2.24) is 0 Å². The van der Waals surface area contributed by atoms with E-state index in [2.05, 4.69) is 47.2 Å². The van der Waals surface area contributed by atoms with E-state index in [1.165, 1.54) is 16.7 Å². The summed E-state index contributed by atoms with van der Waals surface area (Å²) in [6.45, 7) is 0. The number of ketones is 1. The lowest BCUT2D eigenvalue weighted by Crippen LogP contribution is -2.09. The maximum absolute atomic E-state index is 13.2. The first kappa shape index (κ1) is 17.4. The van der Waals surface area contributed by atoms with Crippen LogP contribution in [0, 0.1) is 0 Å². The van der Waals surface area contributed by atoms with Crippen LogP contribution in [0.1, 0.15) is 38.2 Å². The number of carbonyl (C=O) groups is 1. The monoisotopic (exact) mass is 368 g/mol. The molecule has 4 aromatic rings. The Morgan fingerprint density at radius 1 is 0.704 bits per heavy atom. The van der Waals surface area contributed by atoms with Crippen molar-refractivity contribution in [3.63, 3.8) is 0 Å². The lowest BCUT2D eigenvalue weighted by Gasteiger charge is -2.15. The predicted molar refractivity (Wildman–Crippen MR) is 113 cm³/mol. The van der Waals surface area contributed by atoms with Gasteiger partial charge in [0.2, 0.25) is 0 Å². The van der Waals surface area contributed by atoms with Gasteiger partial charge in [0.05, 0.1) is 0 Å². The van der Waals surface area contributed by atoms with Gasteiger partial charge in [-0.15, -0.1) is 0 Å². The largest absolute Gasteiger partial charge is 0.289 e. The summed E-state index contributed by atoms with van der Waals surface area (Å²) in [5, 5.41) is 4.28. The zero-order valence-corrected chi connectivity index (χ0v) is 15.8. The first-order valence-corrected chi connectivity index (χ1v) is 10.0. The summed E-state index contributed by atoms with van der Waals surface area (Å²) >= 11 is 1.71. The number of rotatable bonds is 6. The van der Waals surface area contributed by atoms with Crippen LogP contribution in [0.3, 0.4) is 0 Å². The molecule has 3 aromatic carbocycles. The first-order chi connectivity index (χ1) is 13.3. The Hall–Kier alpha value is -2.97. The zero-order valence-electron chi connectivity index (χ0n) is 15.0. The van der Waals surface area contributed by atoms with Crippen LogP contribution in [0.25, 0.3) is 0 Å². The number of hydrogen-bond donors (Lipinski definition) is 0. The maximum atomic E-state index is 13.2. The minimum absolute atomic E-state index is 0.0914. The second kappa shape index (κ2) is 8.15. The summed E-state index contributed by atoms with van der Waals surface area (Å²) in [6.07, 6.45) is 1.61. The molecule has 27 heavy (non-hydrogen) atoms. The average molecular weight is 369 g/mol. The molecule has 0 atom stereocenters. The molecule has 0 radical (unpaired) electrons. The van der Waals surface area contributed by atoms with Gasteiger partial charge in [-0.05, 0) is 51.9 Å². The molecule has 0 N–H and O–H groups in total. The van der Waals surface area contributed by atoms with Crippen molar-refractivity contribution in [2.24, 2.45) is 0 Å². The van der Waals surface area contributed by atoms with Gasteiger partial charge in [0.15, 0.2) is 5.78 Å². The summed E-state index contributed by atoms with van der Waals surface area (Å²) < 4.78 is 0. The molecule has 0 fully saturated rings. The van der Waals surface area contributed by atoms with Gasteiger partial charge in [-0.3, -0.25) is 4.79 Å². The van der Waals surface area contributed by atoms with Gasteiger partial charge in [-0.1, -0.05) is 78.9 Å². The first-order valence-electron chi connectivity index (χ1n) is 9.07. The molecule has 0 saturated carbocycles. The Labute approximate surface area is 163 Å². The van der Waals surface area contributed by atoms with Crippen LogP contribution in [-0.2, 0) is 12.8 Å². The molecule has 4 rings (SSSR count).